The molecule has 19 heavy (non-hydrogen) atoms. The van der Waals surface area contributed by atoms with Crippen LogP contribution < -0.4 is 16.0 Å². The van der Waals surface area contributed by atoms with E-state index in [0.29, 0.717) is 19.8 Å². The molecular weight excluding hydrogens is 246 g/mol. The van der Waals surface area contributed by atoms with Crippen molar-refractivity contribution in [1.82, 2.24) is 9.97 Å². The van der Waals surface area contributed by atoms with Gasteiger partial charge in [-0.1, -0.05) is 6.92 Å². The molecule has 2 rings (SSSR count). The molecule has 0 bridgehead atoms. The van der Waals surface area contributed by atoms with Crippen molar-refractivity contribution in [3.8, 4) is 0 Å². The van der Waals surface area contributed by atoms with Crippen LogP contribution >= 0.6 is 0 Å². The molecule has 0 aliphatic carbocycles. The van der Waals surface area contributed by atoms with Crippen molar-refractivity contribution in [2.75, 3.05) is 37.0 Å². The largest absolute Gasteiger partial charge is 0.377 e. The summed E-state index contributed by atoms with van der Waals surface area (Å²) < 4.78 is 5.32. The van der Waals surface area contributed by atoms with E-state index >= 15 is 0 Å². The van der Waals surface area contributed by atoms with Crippen molar-refractivity contribution in [2.45, 2.75) is 19.4 Å². The fourth-order valence-corrected chi connectivity index (χ4v) is 2.28. The van der Waals surface area contributed by atoms with E-state index in [1.54, 1.807) is 0 Å². The quantitative estimate of drug-likeness (QED) is 0.781. The van der Waals surface area contributed by atoms with E-state index in [1.165, 1.54) is 6.33 Å². The second-order valence-electron chi connectivity index (χ2n) is 4.31. The number of nitrogens with zero attached hydrogens (tertiary/aromatic N) is 3. The molecule has 1 aliphatic heterocycles. The predicted molar refractivity (Wildman–Crippen MR) is 72.1 cm³/mol. The van der Waals surface area contributed by atoms with Gasteiger partial charge in [-0.2, -0.15) is 0 Å². The number of hydrogen-bond acceptors (Lipinski definition) is 6. The lowest BCUT2D eigenvalue weighted by Gasteiger charge is -2.35. The second-order valence-corrected chi connectivity index (χ2v) is 4.31. The molecule has 0 spiro atoms. The van der Waals surface area contributed by atoms with Crippen molar-refractivity contribution in [3.63, 3.8) is 0 Å². The first-order chi connectivity index (χ1) is 9.19. The van der Waals surface area contributed by atoms with Gasteiger partial charge >= 0.3 is 0 Å². The summed E-state index contributed by atoms with van der Waals surface area (Å²) in [7, 11) is 1.82. The molecule has 1 atom stereocenters. The topological polar surface area (TPSA) is 93.4 Å². The molecule has 1 aliphatic rings. The first-order valence-electron chi connectivity index (χ1n) is 6.34. The summed E-state index contributed by atoms with van der Waals surface area (Å²) in [5, 5.41) is 3.04. The Morgan fingerprint density at radius 1 is 1.63 bits per heavy atom. The van der Waals surface area contributed by atoms with E-state index in [2.05, 4.69) is 15.3 Å². The molecule has 0 saturated carbocycles. The molecule has 1 amide bonds. The number of nitrogens with one attached hydrogen (secondary N) is 1. The van der Waals surface area contributed by atoms with Gasteiger partial charge in [-0.15, -0.1) is 0 Å². The zero-order chi connectivity index (χ0) is 13.8. The summed E-state index contributed by atoms with van der Waals surface area (Å²) in [4.78, 5) is 22.0. The Hall–Kier alpha value is -1.89. The molecule has 0 radical (unpaired) electrons. The minimum absolute atomic E-state index is 0.303. The zero-order valence-corrected chi connectivity index (χ0v) is 11.2. The summed E-state index contributed by atoms with van der Waals surface area (Å²) in [6.07, 6.45) is 2.27. The predicted octanol–water partition coefficient (Wildman–Crippen LogP) is -0.229. The van der Waals surface area contributed by atoms with Gasteiger partial charge in [0.25, 0.3) is 0 Å². The van der Waals surface area contributed by atoms with Crippen molar-refractivity contribution in [1.29, 1.82) is 0 Å². The average Bonchev–Trinajstić information content (AvgIpc) is 2.46. The maximum Gasteiger partial charge on any atom is 0.242 e. The highest BCUT2D eigenvalue weighted by atomic mass is 16.5. The van der Waals surface area contributed by atoms with Crippen molar-refractivity contribution in [2.24, 2.45) is 5.73 Å². The van der Waals surface area contributed by atoms with Crippen molar-refractivity contribution >= 4 is 17.5 Å². The molecule has 1 saturated heterocycles. The second kappa shape index (κ2) is 5.83. The summed E-state index contributed by atoms with van der Waals surface area (Å²) in [5.41, 5.74) is 6.42. The third-order valence-corrected chi connectivity index (χ3v) is 3.24. The van der Waals surface area contributed by atoms with Crippen molar-refractivity contribution in [3.05, 3.63) is 11.9 Å². The Bertz CT molecular complexity index is 465. The van der Waals surface area contributed by atoms with E-state index in [0.717, 1.165) is 23.6 Å². The van der Waals surface area contributed by atoms with Gasteiger partial charge < -0.3 is 20.7 Å². The smallest absolute Gasteiger partial charge is 0.242 e. The van der Waals surface area contributed by atoms with Gasteiger partial charge in [0.1, 0.15) is 24.0 Å². The SMILES string of the molecule is CCc1c(NC)ncnc1N1CCOCC1C(N)=O. The van der Waals surface area contributed by atoms with E-state index in [-0.39, 0.29) is 0 Å². The summed E-state index contributed by atoms with van der Waals surface area (Å²) in [6.45, 7) is 3.49. The van der Waals surface area contributed by atoms with Gasteiger partial charge in [-0.25, -0.2) is 9.97 Å². The van der Waals surface area contributed by atoms with Gasteiger partial charge in [-0.3, -0.25) is 4.79 Å². The standard InChI is InChI=1S/C12H19N5O2/c1-3-8-11(14-2)15-7-16-12(8)17-4-5-19-6-9(17)10(13)18/h7,9H,3-6H2,1-2H3,(H2,13,18)(H,14,15,16). The maximum atomic E-state index is 11.5. The molecule has 1 aromatic heterocycles. The first-order valence-corrected chi connectivity index (χ1v) is 6.34. The zero-order valence-electron chi connectivity index (χ0n) is 11.2. The highest BCUT2D eigenvalue weighted by Gasteiger charge is 2.30. The minimum atomic E-state index is -0.473. The first kappa shape index (κ1) is 13.5. The molecule has 1 unspecified atom stereocenters. The van der Waals surface area contributed by atoms with Crippen molar-refractivity contribution < 1.29 is 9.53 Å². The van der Waals surface area contributed by atoms with Gasteiger partial charge in [0.15, 0.2) is 0 Å². The lowest BCUT2D eigenvalue weighted by Crippen LogP contribution is -2.53. The number of rotatable bonds is 4. The molecule has 2 heterocycles. The summed E-state index contributed by atoms with van der Waals surface area (Å²) >= 11 is 0. The number of primary amides is 1. The van der Waals surface area contributed by atoms with Crippen LogP contribution in [-0.2, 0) is 16.0 Å². The van der Waals surface area contributed by atoms with Crippen LogP contribution in [0.3, 0.4) is 0 Å². The van der Waals surface area contributed by atoms with Crippen LogP contribution in [0.25, 0.3) is 0 Å². The minimum Gasteiger partial charge on any atom is -0.377 e. The number of aromatic nitrogens is 2. The number of anilines is 2. The summed E-state index contributed by atoms with van der Waals surface area (Å²) in [6, 6.07) is -0.473. The highest BCUT2D eigenvalue weighted by Crippen LogP contribution is 2.26. The number of ether oxygens (including phenoxy) is 1. The summed E-state index contributed by atoms with van der Waals surface area (Å²) in [5.74, 6) is 1.14. The number of morpholine rings is 1. The third-order valence-electron chi connectivity index (χ3n) is 3.24. The lowest BCUT2D eigenvalue weighted by atomic mass is 10.1. The number of nitrogens with two attached hydrogens (primary N) is 1. The van der Waals surface area contributed by atoms with Crippen LogP contribution in [0.4, 0.5) is 11.6 Å². The van der Waals surface area contributed by atoms with E-state index in [9.17, 15) is 4.79 Å². The average molecular weight is 265 g/mol. The Kier molecular flexibility index (Phi) is 4.16. The van der Waals surface area contributed by atoms with E-state index in [4.69, 9.17) is 10.5 Å². The van der Waals surface area contributed by atoms with E-state index < -0.39 is 11.9 Å². The monoisotopic (exact) mass is 265 g/mol. The molecule has 1 aromatic rings. The Labute approximate surface area is 112 Å². The Balaban J connectivity index is 2.41. The number of hydrogen-bond donors (Lipinski definition) is 2. The van der Waals surface area contributed by atoms with Crippen LogP contribution in [0.15, 0.2) is 6.33 Å². The lowest BCUT2D eigenvalue weighted by molar-refractivity contribution is -0.121. The molecule has 0 aromatic carbocycles. The normalized spacial score (nSPS) is 19.3. The number of amides is 1. The Morgan fingerprint density at radius 2 is 2.42 bits per heavy atom. The van der Waals surface area contributed by atoms with Crippen LogP contribution in [0.2, 0.25) is 0 Å². The third kappa shape index (κ3) is 2.60. The molecule has 7 nitrogen and oxygen atoms in total. The fourth-order valence-electron chi connectivity index (χ4n) is 2.28. The molecule has 104 valence electrons. The van der Waals surface area contributed by atoms with Gasteiger partial charge in [-0.05, 0) is 6.42 Å². The number of carbonyl (C=O) groups excluding carboxylic acids is 1. The van der Waals surface area contributed by atoms with Crippen LogP contribution in [0.5, 0.6) is 0 Å². The van der Waals surface area contributed by atoms with E-state index in [1.807, 2.05) is 18.9 Å². The molecular formula is C12H19N5O2. The Morgan fingerprint density at radius 3 is 3.05 bits per heavy atom. The van der Waals surface area contributed by atoms with Gasteiger partial charge in [0.05, 0.1) is 13.2 Å². The number of carbonyl (C=O) groups is 1. The maximum absolute atomic E-state index is 11.5. The fraction of sp³-hybridized carbons (Fsp3) is 0.583. The molecule has 1 fully saturated rings. The molecule has 7 heteroatoms. The van der Waals surface area contributed by atoms with Gasteiger partial charge in [0, 0.05) is 19.2 Å². The van der Waals surface area contributed by atoms with Crippen LogP contribution in [0, 0.1) is 0 Å². The van der Waals surface area contributed by atoms with Crippen LogP contribution in [0.1, 0.15) is 12.5 Å². The highest BCUT2D eigenvalue weighted by molar-refractivity contribution is 5.84. The molecule has 3 N–H and O–H groups in total. The van der Waals surface area contributed by atoms with Gasteiger partial charge in [0.2, 0.25) is 5.91 Å². The van der Waals surface area contributed by atoms with Crippen LogP contribution in [-0.4, -0.2) is 48.7 Å².